The predicted octanol–water partition coefficient (Wildman–Crippen LogP) is 3.70. The molecule has 1 aromatic carbocycles. The normalized spacial score (nSPS) is 20.5. The number of likely N-dealkylation sites (tertiary alicyclic amines) is 1. The fraction of sp³-hybridized carbons (Fsp3) is 0.500. The Morgan fingerprint density at radius 2 is 1.96 bits per heavy atom. The largest absolute Gasteiger partial charge is 0.473 e. The van der Waals surface area contributed by atoms with E-state index >= 15 is 0 Å². The zero-order valence-corrected chi connectivity index (χ0v) is 16.3. The molecule has 7 nitrogen and oxygen atoms in total. The van der Waals surface area contributed by atoms with Crippen LogP contribution >= 0.6 is 0 Å². The predicted molar refractivity (Wildman–Crippen MR) is 104 cm³/mol. The SMILES string of the molecule is Cc1c(OC2CCN(C(=O)O)C(C(C)(C)C)C2)nn(-c2ccccc2)c1N. The molecule has 2 aromatic rings. The van der Waals surface area contributed by atoms with Gasteiger partial charge in [0.2, 0.25) is 5.88 Å². The number of hydrogen-bond acceptors (Lipinski definition) is 4. The van der Waals surface area contributed by atoms with Crippen LogP contribution in [0.4, 0.5) is 10.6 Å². The van der Waals surface area contributed by atoms with Gasteiger partial charge in [-0.1, -0.05) is 39.0 Å². The molecule has 0 bridgehead atoms. The van der Waals surface area contributed by atoms with Crippen LogP contribution in [0, 0.1) is 12.3 Å². The molecule has 1 aromatic heterocycles. The molecule has 2 heterocycles. The number of piperidine rings is 1. The monoisotopic (exact) mass is 372 g/mol. The molecule has 7 heteroatoms. The Morgan fingerprint density at radius 3 is 2.56 bits per heavy atom. The van der Waals surface area contributed by atoms with E-state index in [1.807, 2.05) is 37.3 Å². The van der Waals surface area contributed by atoms with Crippen LogP contribution in [0.3, 0.4) is 0 Å². The van der Waals surface area contributed by atoms with Crippen molar-refractivity contribution in [2.45, 2.75) is 52.7 Å². The lowest BCUT2D eigenvalue weighted by molar-refractivity contribution is 0.0114. The molecule has 1 aliphatic rings. The summed E-state index contributed by atoms with van der Waals surface area (Å²) in [6.45, 7) is 8.52. The summed E-state index contributed by atoms with van der Waals surface area (Å²) in [6, 6.07) is 9.57. The van der Waals surface area contributed by atoms with Crippen molar-refractivity contribution in [3.8, 4) is 11.6 Å². The van der Waals surface area contributed by atoms with E-state index in [4.69, 9.17) is 10.5 Å². The number of anilines is 1. The van der Waals surface area contributed by atoms with Crippen LogP contribution in [-0.4, -0.2) is 44.6 Å². The highest BCUT2D eigenvalue weighted by Gasteiger charge is 2.39. The number of carboxylic acid groups (broad SMARTS) is 1. The van der Waals surface area contributed by atoms with Crippen molar-refractivity contribution in [3.63, 3.8) is 0 Å². The lowest BCUT2D eigenvalue weighted by Gasteiger charge is -2.44. The van der Waals surface area contributed by atoms with E-state index in [-0.39, 0.29) is 17.6 Å². The zero-order chi connectivity index (χ0) is 19.8. The second-order valence-corrected chi connectivity index (χ2v) is 8.18. The maximum Gasteiger partial charge on any atom is 0.407 e. The van der Waals surface area contributed by atoms with E-state index in [0.717, 1.165) is 11.3 Å². The summed E-state index contributed by atoms with van der Waals surface area (Å²) >= 11 is 0. The lowest BCUT2D eigenvalue weighted by Crippen LogP contribution is -2.53. The molecule has 0 spiro atoms. The second kappa shape index (κ2) is 7.13. The minimum absolute atomic E-state index is 0.0953. The molecule has 0 saturated carbocycles. The molecule has 3 rings (SSSR count). The van der Waals surface area contributed by atoms with Gasteiger partial charge in [0.25, 0.3) is 0 Å². The Balaban J connectivity index is 1.81. The smallest absolute Gasteiger partial charge is 0.407 e. The zero-order valence-electron chi connectivity index (χ0n) is 16.3. The Bertz CT molecular complexity index is 811. The maximum absolute atomic E-state index is 11.6. The molecule has 1 amide bonds. The molecule has 1 fully saturated rings. The van der Waals surface area contributed by atoms with Gasteiger partial charge in [0.05, 0.1) is 11.3 Å². The van der Waals surface area contributed by atoms with Crippen LogP contribution in [0.15, 0.2) is 30.3 Å². The molecule has 146 valence electrons. The van der Waals surface area contributed by atoms with Crippen molar-refractivity contribution in [1.29, 1.82) is 0 Å². The highest BCUT2D eigenvalue weighted by molar-refractivity contribution is 5.65. The molecule has 2 atom stereocenters. The van der Waals surface area contributed by atoms with Crippen LogP contribution in [-0.2, 0) is 0 Å². The van der Waals surface area contributed by atoms with E-state index in [1.165, 1.54) is 4.90 Å². The van der Waals surface area contributed by atoms with Crippen LogP contribution in [0.2, 0.25) is 0 Å². The summed E-state index contributed by atoms with van der Waals surface area (Å²) < 4.78 is 7.87. The van der Waals surface area contributed by atoms with Gasteiger partial charge in [0.15, 0.2) is 0 Å². The number of hydrogen-bond donors (Lipinski definition) is 2. The molecule has 2 unspecified atom stereocenters. The number of rotatable bonds is 3. The van der Waals surface area contributed by atoms with E-state index in [2.05, 4.69) is 25.9 Å². The quantitative estimate of drug-likeness (QED) is 0.857. The number of para-hydroxylation sites is 1. The van der Waals surface area contributed by atoms with Gasteiger partial charge in [0.1, 0.15) is 11.9 Å². The Kier molecular flexibility index (Phi) is 5.04. The minimum atomic E-state index is -0.873. The summed E-state index contributed by atoms with van der Waals surface area (Å²) in [5.74, 6) is 1.06. The molecular formula is C20H28N4O3. The van der Waals surface area contributed by atoms with E-state index < -0.39 is 6.09 Å². The van der Waals surface area contributed by atoms with Crippen molar-refractivity contribution in [2.24, 2.45) is 5.41 Å². The van der Waals surface area contributed by atoms with Crippen molar-refractivity contribution in [1.82, 2.24) is 14.7 Å². The van der Waals surface area contributed by atoms with Gasteiger partial charge < -0.3 is 20.5 Å². The first-order valence-corrected chi connectivity index (χ1v) is 9.25. The molecule has 0 aliphatic carbocycles. The summed E-state index contributed by atoms with van der Waals surface area (Å²) in [5, 5.41) is 14.1. The molecule has 0 radical (unpaired) electrons. The van der Waals surface area contributed by atoms with Gasteiger partial charge in [-0.25, -0.2) is 9.48 Å². The van der Waals surface area contributed by atoms with E-state index in [1.54, 1.807) is 4.68 Å². The number of benzene rings is 1. The van der Waals surface area contributed by atoms with Crippen molar-refractivity contribution in [2.75, 3.05) is 12.3 Å². The highest BCUT2D eigenvalue weighted by atomic mass is 16.5. The van der Waals surface area contributed by atoms with Gasteiger partial charge in [-0.2, -0.15) is 0 Å². The average Bonchev–Trinajstić information content (AvgIpc) is 2.90. The van der Waals surface area contributed by atoms with E-state index in [9.17, 15) is 9.90 Å². The number of nitrogens with two attached hydrogens (primary N) is 1. The minimum Gasteiger partial charge on any atom is -0.473 e. The van der Waals surface area contributed by atoms with Crippen LogP contribution in [0.25, 0.3) is 5.69 Å². The van der Waals surface area contributed by atoms with Crippen molar-refractivity contribution < 1.29 is 14.6 Å². The first-order chi connectivity index (χ1) is 12.7. The standard InChI is InChI=1S/C20H28N4O3/c1-13-17(21)24(14-8-6-5-7-9-14)22-18(13)27-15-10-11-23(19(25)26)16(12-15)20(2,3)4/h5-9,15-16H,10-12,21H2,1-4H3,(H,25,26). The van der Waals surface area contributed by atoms with E-state index in [0.29, 0.717) is 31.1 Å². The van der Waals surface area contributed by atoms with Gasteiger partial charge >= 0.3 is 6.09 Å². The fourth-order valence-corrected chi connectivity index (χ4v) is 3.61. The number of ether oxygens (including phenoxy) is 1. The number of aromatic nitrogens is 2. The first-order valence-electron chi connectivity index (χ1n) is 9.25. The van der Waals surface area contributed by atoms with Gasteiger partial charge in [-0.3, -0.25) is 0 Å². The third kappa shape index (κ3) is 3.86. The Hall–Kier alpha value is -2.70. The summed E-state index contributed by atoms with van der Waals surface area (Å²) in [7, 11) is 0. The van der Waals surface area contributed by atoms with Gasteiger partial charge in [0, 0.05) is 25.4 Å². The maximum atomic E-state index is 11.6. The summed E-state index contributed by atoms with van der Waals surface area (Å²) in [6.07, 6.45) is 0.299. The third-order valence-electron chi connectivity index (χ3n) is 5.20. The molecular weight excluding hydrogens is 344 g/mol. The van der Waals surface area contributed by atoms with Crippen molar-refractivity contribution in [3.05, 3.63) is 35.9 Å². The fourth-order valence-electron chi connectivity index (χ4n) is 3.61. The van der Waals surface area contributed by atoms with Gasteiger partial charge in [-0.15, -0.1) is 5.10 Å². The first kappa shape index (κ1) is 19.1. The molecule has 1 aliphatic heterocycles. The molecule has 1 saturated heterocycles. The molecule has 3 N–H and O–H groups in total. The number of carbonyl (C=O) groups is 1. The van der Waals surface area contributed by atoms with Gasteiger partial charge in [-0.05, 0) is 24.5 Å². The summed E-state index contributed by atoms with van der Waals surface area (Å²) in [4.78, 5) is 13.1. The average molecular weight is 372 g/mol. The number of nitrogens with zero attached hydrogens (tertiary/aromatic N) is 3. The lowest BCUT2D eigenvalue weighted by atomic mass is 9.80. The number of amides is 1. The van der Waals surface area contributed by atoms with Crippen LogP contribution < -0.4 is 10.5 Å². The van der Waals surface area contributed by atoms with Crippen LogP contribution in [0.5, 0.6) is 5.88 Å². The topological polar surface area (TPSA) is 93.6 Å². The Morgan fingerprint density at radius 1 is 1.30 bits per heavy atom. The summed E-state index contributed by atoms with van der Waals surface area (Å²) in [5.41, 5.74) is 7.74. The van der Waals surface area contributed by atoms with Crippen LogP contribution in [0.1, 0.15) is 39.2 Å². The number of nitrogen functional groups attached to an aromatic ring is 1. The highest BCUT2D eigenvalue weighted by Crippen LogP contribution is 2.35. The third-order valence-corrected chi connectivity index (χ3v) is 5.20. The second-order valence-electron chi connectivity index (χ2n) is 8.18. The molecule has 27 heavy (non-hydrogen) atoms. The van der Waals surface area contributed by atoms with Crippen molar-refractivity contribution >= 4 is 11.9 Å². The Labute approximate surface area is 159 Å².